The average molecular weight is 253 g/mol. The van der Waals surface area contributed by atoms with Crippen LogP contribution in [-0.4, -0.2) is 53.7 Å². The van der Waals surface area contributed by atoms with Gasteiger partial charge in [-0.05, 0) is 20.8 Å². The third-order valence-electron chi connectivity index (χ3n) is 3.37. The molecule has 1 nitrogen and oxygen atoms in total. The van der Waals surface area contributed by atoms with Gasteiger partial charge in [-0.3, -0.25) is 0 Å². The van der Waals surface area contributed by atoms with E-state index in [4.69, 9.17) is 0 Å². The van der Waals surface area contributed by atoms with E-state index in [0.717, 1.165) is 0 Å². The Balaban J connectivity index is 0. The first-order valence-corrected chi connectivity index (χ1v) is 5.65. The van der Waals surface area contributed by atoms with Gasteiger partial charge in [0.2, 0.25) is 0 Å². The molecule has 1 aromatic rings. The van der Waals surface area contributed by atoms with Gasteiger partial charge in [0.1, 0.15) is 6.54 Å². The normalized spacial score (nSPS) is 10.2. The molecule has 0 aliphatic heterocycles. The molecule has 0 amide bonds. The van der Waals surface area contributed by atoms with Crippen LogP contribution in [0.3, 0.4) is 0 Å². The number of benzene rings is 1. The van der Waals surface area contributed by atoms with Crippen LogP contribution in [0.2, 0.25) is 0 Å². The van der Waals surface area contributed by atoms with E-state index in [2.05, 4.69) is 51.1 Å². The van der Waals surface area contributed by atoms with E-state index in [-0.39, 0.29) is 42.0 Å². The van der Waals surface area contributed by atoms with Crippen LogP contribution in [-0.2, 0) is 6.54 Å². The SMILES string of the molecule is CC[N+](CC)(CC)Cc1ccccc1.Cl.[NaH]. The van der Waals surface area contributed by atoms with Crippen molar-refractivity contribution in [3.05, 3.63) is 35.9 Å². The molecule has 0 atom stereocenters. The summed E-state index contributed by atoms with van der Waals surface area (Å²) < 4.78 is 1.20. The molecule has 1 rings (SSSR count). The van der Waals surface area contributed by atoms with Crippen LogP contribution in [0.4, 0.5) is 0 Å². The first-order chi connectivity index (χ1) is 6.76. The number of rotatable bonds is 5. The Morgan fingerprint density at radius 1 is 0.875 bits per heavy atom. The quantitative estimate of drug-likeness (QED) is 0.559. The Morgan fingerprint density at radius 3 is 1.69 bits per heavy atom. The number of nitrogens with zero attached hydrogens (tertiary/aromatic N) is 1. The molecule has 0 radical (unpaired) electrons. The van der Waals surface area contributed by atoms with Crippen molar-refractivity contribution in [2.75, 3.05) is 19.6 Å². The standard InChI is InChI=1S/C13H22N.ClH.Na.H/c1-4-14(5-2,6-3)12-13-10-8-7-9-11-13;;;/h7-11H,4-6,12H2,1-3H3;1H;;/q+1;;;. The maximum atomic E-state index is 2.29. The molecular formula is C13H24ClNNa+. The van der Waals surface area contributed by atoms with Crippen LogP contribution in [0.15, 0.2) is 30.3 Å². The first-order valence-electron chi connectivity index (χ1n) is 5.65. The van der Waals surface area contributed by atoms with Crippen molar-refractivity contribution in [1.29, 1.82) is 0 Å². The summed E-state index contributed by atoms with van der Waals surface area (Å²) in [6.45, 7) is 11.7. The summed E-state index contributed by atoms with van der Waals surface area (Å²) in [5, 5.41) is 0. The van der Waals surface area contributed by atoms with Gasteiger partial charge in [-0.15, -0.1) is 12.4 Å². The molecular weight excluding hydrogens is 229 g/mol. The average Bonchev–Trinajstić information content (AvgIpc) is 2.28. The number of hydrogen-bond donors (Lipinski definition) is 0. The molecule has 0 heterocycles. The monoisotopic (exact) mass is 252 g/mol. The Labute approximate surface area is 129 Å². The van der Waals surface area contributed by atoms with Crippen molar-refractivity contribution in [3.8, 4) is 0 Å². The Kier molecular flexibility index (Phi) is 11.2. The summed E-state index contributed by atoms with van der Waals surface area (Å²) in [6.07, 6.45) is 0. The molecule has 0 N–H and O–H groups in total. The molecule has 3 heteroatoms. The van der Waals surface area contributed by atoms with Crippen LogP contribution >= 0.6 is 12.4 Å². The van der Waals surface area contributed by atoms with Crippen LogP contribution in [0.1, 0.15) is 26.3 Å². The number of halogens is 1. The second-order valence-corrected chi connectivity index (χ2v) is 3.93. The van der Waals surface area contributed by atoms with Gasteiger partial charge in [0.25, 0.3) is 0 Å². The van der Waals surface area contributed by atoms with Crippen molar-refractivity contribution in [3.63, 3.8) is 0 Å². The summed E-state index contributed by atoms with van der Waals surface area (Å²) in [5.74, 6) is 0. The van der Waals surface area contributed by atoms with E-state index in [1.54, 1.807) is 0 Å². The second-order valence-electron chi connectivity index (χ2n) is 3.93. The molecule has 0 unspecified atom stereocenters. The van der Waals surface area contributed by atoms with Gasteiger partial charge < -0.3 is 4.48 Å². The molecule has 0 aliphatic carbocycles. The zero-order valence-electron chi connectivity index (χ0n) is 10.1. The van der Waals surface area contributed by atoms with Crippen molar-refractivity contribution in [1.82, 2.24) is 0 Å². The molecule has 0 saturated carbocycles. The Morgan fingerprint density at radius 2 is 1.31 bits per heavy atom. The van der Waals surface area contributed by atoms with Gasteiger partial charge >= 0.3 is 29.6 Å². The summed E-state index contributed by atoms with van der Waals surface area (Å²) in [4.78, 5) is 0. The van der Waals surface area contributed by atoms with Crippen molar-refractivity contribution in [2.45, 2.75) is 27.3 Å². The third-order valence-corrected chi connectivity index (χ3v) is 3.37. The summed E-state index contributed by atoms with van der Waals surface area (Å²) in [7, 11) is 0. The summed E-state index contributed by atoms with van der Waals surface area (Å²) in [5.41, 5.74) is 1.46. The fourth-order valence-electron chi connectivity index (χ4n) is 1.98. The predicted octanol–water partition coefficient (Wildman–Crippen LogP) is 2.84. The molecule has 0 saturated heterocycles. The maximum absolute atomic E-state index is 2.29. The molecule has 0 bridgehead atoms. The minimum atomic E-state index is 0. The van der Waals surface area contributed by atoms with Gasteiger partial charge in [0.15, 0.2) is 0 Å². The molecule has 0 aliphatic rings. The van der Waals surface area contributed by atoms with E-state index in [1.807, 2.05) is 0 Å². The Bertz CT molecular complexity index is 252. The van der Waals surface area contributed by atoms with E-state index in [9.17, 15) is 0 Å². The molecule has 16 heavy (non-hydrogen) atoms. The molecule has 88 valence electrons. The zero-order chi connectivity index (χ0) is 10.4. The van der Waals surface area contributed by atoms with E-state index in [0.29, 0.717) is 0 Å². The fourth-order valence-corrected chi connectivity index (χ4v) is 1.98. The van der Waals surface area contributed by atoms with Crippen LogP contribution in [0.5, 0.6) is 0 Å². The molecule has 0 fully saturated rings. The van der Waals surface area contributed by atoms with Gasteiger partial charge in [0.05, 0.1) is 19.6 Å². The molecule has 0 aromatic heterocycles. The molecule has 1 aromatic carbocycles. The summed E-state index contributed by atoms with van der Waals surface area (Å²) in [6, 6.07) is 10.8. The van der Waals surface area contributed by atoms with E-state index in [1.165, 1.54) is 36.2 Å². The van der Waals surface area contributed by atoms with Crippen LogP contribution in [0.25, 0.3) is 0 Å². The predicted molar refractivity (Wildman–Crippen MR) is 76.4 cm³/mol. The topological polar surface area (TPSA) is 0 Å². The second kappa shape index (κ2) is 9.49. The van der Waals surface area contributed by atoms with Gasteiger partial charge in [-0.25, -0.2) is 0 Å². The number of quaternary nitrogens is 1. The minimum absolute atomic E-state index is 0. The van der Waals surface area contributed by atoms with Crippen LogP contribution in [0, 0.1) is 0 Å². The Hall–Kier alpha value is 0.470. The third kappa shape index (κ3) is 5.20. The van der Waals surface area contributed by atoms with E-state index < -0.39 is 0 Å². The van der Waals surface area contributed by atoms with Crippen LogP contribution < -0.4 is 0 Å². The fraction of sp³-hybridized carbons (Fsp3) is 0.538. The first kappa shape index (κ1) is 18.8. The van der Waals surface area contributed by atoms with Gasteiger partial charge in [-0.2, -0.15) is 0 Å². The van der Waals surface area contributed by atoms with E-state index >= 15 is 0 Å². The van der Waals surface area contributed by atoms with Crippen molar-refractivity contribution >= 4 is 42.0 Å². The number of hydrogen-bond acceptors (Lipinski definition) is 0. The van der Waals surface area contributed by atoms with Gasteiger partial charge in [0, 0.05) is 5.56 Å². The van der Waals surface area contributed by atoms with Gasteiger partial charge in [-0.1, -0.05) is 30.3 Å². The summed E-state index contributed by atoms with van der Waals surface area (Å²) >= 11 is 0. The molecule has 0 spiro atoms. The van der Waals surface area contributed by atoms with Crippen molar-refractivity contribution in [2.24, 2.45) is 0 Å². The zero-order valence-corrected chi connectivity index (χ0v) is 10.9. The van der Waals surface area contributed by atoms with Crippen molar-refractivity contribution < 1.29 is 4.48 Å².